The zero-order valence-corrected chi connectivity index (χ0v) is 34.8. The minimum atomic E-state index is -4.05. The number of ether oxygens (including phenoxy) is 3. The van der Waals surface area contributed by atoms with Gasteiger partial charge in [0.15, 0.2) is 0 Å². The van der Waals surface area contributed by atoms with Crippen molar-refractivity contribution in [1.82, 2.24) is 4.31 Å². The number of hydrogen-bond donors (Lipinski definition) is 2. The molecular formula is C44H51N3O9S2. The summed E-state index contributed by atoms with van der Waals surface area (Å²) < 4.78 is 44.7. The van der Waals surface area contributed by atoms with Crippen LogP contribution in [-0.2, 0) is 54.7 Å². The Morgan fingerprint density at radius 3 is 2.10 bits per heavy atom. The smallest absolute Gasteiger partial charge is 0.337 e. The fourth-order valence-corrected chi connectivity index (χ4v) is 10.8. The maximum atomic E-state index is 14.1. The largest absolute Gasteiger partial charge is 0.469 e. The lowest BCUT2D eigenvalue weighted by Crippen LogP contribution is -2.44. The number of benzene rings is 3. The summed E-state index contributed by atoms with van der Waals surface area (Å²) in [6, 6.07) is 20.8. The van der Waals surface area contributed by atoms with Crippen LogP contribution in [-0.4, -0.2) is 77.0 Å². The SMILES string of the molecule is COCCN(C1CCC(C(=O)OC)CC1)S(=O)(=O)c1cccc(C(=O)Nc2sc3c(c2C(=O)Nc2ccc(CCCc4ccc(C(=O)OC)cc4)cc2)CCCC3)c1. The number of esters is 2. The topological polar surface area (TPSA) is 157 Å². The first-order valence-electron chi connectivity index (χ1n) is 19.7. The molecule has 4 aromatic rings. The normalized spacial score (nSPS) is 16.6. The number of rotatable bonds is 16. The Morgan fingerprint density at radius 1 is 0.776 bits per heavy atom. The number of anilines is 2. The molecule has 1 aromatic heterocycles. The first-order chi connectivity index (χ1) is 28.0. The third-order valence-electron chi connectivity index (χ3n) is 11.0. The van der Waals surface area contributed by atoms with E-state index in [1.54, 1.807) is 24.3 Å². The van der Waals surface area contributed by atoms with Gasteiger partial charge < -0.3 is 24.8 Å². The molecule has 1 saturated carbocycles. The van der Waals surface area contributed by atoms with Crippen molar-refractivity contribution in [1.29, 1.82) is 0 Å². The average Bonchev–Trinajstić information content (AvgIpc) is 3.62. The molecule has 58 heavy (non-hydrogen) atoms. The van der Waals surface area contributed by atoms with E-state index in [1.807, 2.05) is 36.4 Å². The summed E-state index contributed by atoms with van der Waals surface area (Å²) >= 11 is 1.39. The second-order valence-electron chi connectivity index (χ2n) is 14.7. The van der Waals surface area contributed by atoms with E-state index in [2.05, 4.69) is 10.6 Å². The van der Waals surface area contributed by atoms with Gasteiger partial charge in [0.2, 0.25) is 10.0 Å². The molecule has 0 aliphatic heterocycles. The van der Waals surface area contributed by atoms with Crippen LogP contribution in [0.5, 0.6) is 0 Å². The number of fused-ring (bicyclic) bond motifs is 1. The maximum absolute atomic E-state index is 14.1. The van der Waals surface area contributed by atoms with E-state index < -0.39 is 15.9 Å². The molecule has 0 radical (unpaired) electrons. The van der Waals surface area contributed by atoms with Gasteiger partial charge in [0.25, 0.3) is 11.8 Å². The lowest BCUT2D eigenvalue weighted by molar-refractivity contribution is -0.146. The highest BCUT2D eigenvalue weighted by Gasteiger charge is 2.36. The van der Waals surface area contributed by atoms with Crippen molar-refractivity contribution in [3.8, 4) is 0 Å². The summed E-state index contributed by atoms with van der Waals surface area (Å²) in [4.78, 5) is 52.7. The van der Waals surface area contributed by atoms with Crippen molar-refractivity contribution in [2.24, 2.45) is 5.92 Å². The van der Waals surface area contributed by atoms with Crippen molar-refractivity contribution in [2.75, 3.05) is 45.1 Å². The lowest BCUT2D eigenvalue weighted by Gasteiger charge is -2.35. The van der Waals surface area contributed by atoms with Crippen LogP contribution in [0.2, 0.25) is 0 Å². The van der Waals surface area contributed by atoms with Crippen LogP contribution in [0.1, 0.15) is 97.6 Å². The van der Waals surface area contributed by atoms with Crippen molar-refractivity contribution >= 4 is 55.8 Å². The van der Waals surface area contributed by atoms with Crippen LogP contribution in [0.4, 0.5) is 10.7 Å². The standard InChI is InChI=1S/C44H51N3O9S2/c1-54-27-26-47(35-24-20-32(21-25-35)44(51)56-3)58(52,53)36-11-7-10-33(28-36)40(48)46-42-39(37-12-4-5-13-38(37)57-42)41(49)45-34-22-16-30(17-23-34)9-6-8-29-14-18-31(19-15-29)43(50)55-2/h7,10-11,14-19,22-23,28,32,35H,4-6,8-9,12-13,20-21,24-27H2,1-3H3,(H,45,49)(H,46,48). The Bertz CT molecular complexity index is 2190. The van der Waals surface area contributed by atoms with Crippen LogP contribution in [0.15, 0.2) is 77.7 Å². The molecule has 0 spiro atoms. The van der Waals surface area contributed by atoms with Crippen LogP contribution in [0.3, 0.4) is 0 Å². The lowest BCUT2D eigenvalue weighted by atomic mass is 9.86. The van der Waals surface area contributed by atoms with Gasteiger partial charge in [-0.3, -0.25) is 14.4 Å². The number of amides is 2. The molecule has 3 aromatic carbocycles. The second kappa shape index (κ2) is 19.7. The van der Waals surface area contributed by atoms with E-state index in [4.69, 9.17) is 14.2 Å². The van der Waals surface area contributed by atoms with Crippen LogP contribution < -0.4 is 10.6 Å². The van der Waals surface area contributed by atoms with Crippen LogP contribution >= 0.6 is 11.3 Å². The number of methoxy groups -OCH3 is 3. The molecule has 2 amide bonds. The van der Waals surface area contributed by atoms with Crippen molar-refractivity contribution in [2.45, 2.75) is 81.6 Å². The molecule has 6 rings (SSSR count). The highest BCUT2D eigenvalue weighted by Crippen LogP contribution is 2.39. The van der Waals surface area contributed by atoms with Gasteiger partial charge in [0.1, 0.15) is 5.00 Å². The summed E-state index contributed by atoms with van der Waals surface area (Å²) in [5, 5.41) is 6.43. The zero-order valence-electron chi connectivity index (χ0n) is 33.2. The number of carbonyl (C=O) groups is 4. The van der Waals surface area contributed by atoms with E-state index in [-0.39, 0.29) is 53.4 Å². The highest BCUT2D eigenvalue weighted by atomic mass is 32.2. The molecule has 1 heterocycles. The van der Waals surface area contributed by atoms with Gasteiger partial charge in [-0.1, -0.05) is 30.3 Å². The summed E-state index contributed by atoms with van der Waals surface area (Å²) in [5.74, 6) is -1.73. The number of aryl methyl sites for hydroxylation is 3. The van der Waals surface area contributed by atoms with Gasteiger partial charge in [-0.2, -0.15) is 4.31 Å². The molecule has 0 saturated heterocycles. The molecule has 0 atom stereocenters. The fraction of sp³-hybridized carbons (Fsp3) is 0.409. The molecule has 0 bridgehead atoms. The summed E-state index contributed by atoms with van der Waals surface area (Å²) in [6.07, 6.45) is 8.10. The van der Waals surface area contributed by atoms with E-state index >= 15 is 0 Å². The average molecular weight is 830 g/mol. The van der Waals surface area contributed by atoms with Gasteiger partial charge >= 0.3 is 11.9 Å². The number of hydrogen-bond acceptors (Lipinski definition) is 10. The van der Waals surface area contributed by atoms with E-state index in [9.17, 15) is 27.6 Å². The zero-order chi connectivity index (χ0) is 41.2. The Morgan fingerprint density at radius 2 is 1.45 bits per heavy atom. The van der Waals surface area contributed by atoms with Gasteiger partial charge in [-0.15, -0.1) is 11.3 Å². The maximum Gasteiger partial charge on any atom is 0.337 e. The summed E-state index contributed by atoms with van der Waals surface area (Å²) in [5.41, 5.74) is 4.94. The van der Waals surface area contributed by atoms with E-state index in [1.165, 1.54) is 49.1 Å². The number of nitrogens with one attached hydrogen (secondary N) is 2. The van der Waals surface area contributed by atoms with Gasteiger partial charge in [0.05, 0.1) is 42.8 Å². The van der Waals surface area contributed by atoms with E-state index in [0.717, 1.165) is 66.5 Å². The molecule has 12 nitrogen and oxygen atoms in total. The Kier molecular flexibility index (Phi) is 14.5. The van der Waals surface area contributed by atoms with Gasteiger partial charge in [-0.05, 0) is 130 Å². The third kappa shape index (κ3) is 10.2. The highest BCUT2D eigenvalue weighted by molar-refractivity contribution is 7.89. The number of carbonyl (C=O) groups excluding carboxylic acids is 4. The number of nitrogens with zero attached hydrogens (tertiary/aromatic N) is 1. The molecule has 0 unspecified atom stereocenters. The summed E-state index contributed by atoms with van der Waals surface area (Å²) in [7, 11) is 0.188. The number of thiophene rings is 1. The van der Waals surface area contributed by atoms with Crippen LogP contribution in [0.25, 0.3) is 0 Å². The number of sulfonamides is 1. The third-order valence-corrected chi connectivity index (χ3v) is 14.2. The first-order valence-corrected chi connectivity index (χ1v) is 22.0. The Balaban J connectivity index is 1.13. The quantitative estimate of drug-likeness (QED) is 0.109. The van der Waals surface area contributed by atoms with Crippen molar-refractivity contribution < 1.29 is 41.8 Å². The minimum absolute atomic E-state index is 0.0208. The monoisotopic (exact) mass is 829 g/mol. The molecule has 2 aliphatic carbocycles. The fourth-order valence-electron chi connectivity index (χ4n) is 7.82. The molecular weight excluding hydrogens is 779 g/mol. The molecule has 308 valence electrons. The molecule has 2 N–H and O–H groups in total. The Labute approximate surface area is 344 Å². The second-order valence-corrected chi connectivity index (χ2v) is 17.7. The predicted molar refractivity (Wildman–Crippen MR) is 223 cm³/mol. The minimum Gasteiger partial charge on any atom is -0.469 e. The van der Waals surface area contributed by atoms with Gasteiger partial charge in [0, 0.05) is 35.8 Å². The Hall–Kier alpha value is -4.89. The van der Waals surface area contributed by atoms with Crippen molar-refractivity contribution in [3.05, 3.63) is 111 Å². The van der Waals surface area contributed by atoms with Gasteiger partial charge in [-0.25, -0.2) is 13.2 Å². The van der Waals surface area contributed by atoms with Crippen LogP contribution in [0, 0.1) is 5.92 Å². The molecule has 1 fully saturated rings. The molecule has 2 aliphatic rings. The predicted octanol–water partition coefficient (Wildman–Crippen LogP) is 7.46. The van der Waals surface area contributed by atoms with Crippen molar-refractivity contribution in [3.63, 3.8) is 0 Å². The summed E-state index contributed by atoms with van der Waals surface area (Å²) in [6.45, 7) is 0.312. The molecule has 14 heteroatoms. The first kappa shape index (κ1) is 42.7. The van der Waals surface area contributed by atoms with E-state index in [0.29, 0.717) is 47.5 Å².